The highest BCUT2D eigenvalue weighted by molar-refractivity contribution is 5.89. The number of hydrogen-bond acceptors (Lipinski definition) is 6. The number of carbonyl (C=O) groups excluding carboxylic acids is 1. The lowest BCUT2D eigenvalue weighted by atomic mass is 10.2. The summed E-state index contributed by atoms with van der Waals surface area (Å²) >= 11 is 0. The van der Waals surface area contributed by atoms with Crippen LogP contribution >= 0.6 is 0 Å². The number of rotatable bonds is 4. The lowest BCUT2D eigenvalue weighted by Gasteiger charge is -2.04. The summed E-state index contributed by atoms with van der Waals surface area (Å²) in [6.07, 6.45) is 0. The molecule has 0 unspecified atom stereocenters. The van der Waals surface area contributed by atoms with E-state index in [1.807, 2.05) is 32.0 Å². The molecule has 0 aliphatic heterocycles. The maximum atomic E-state index is 12.0. The summed E-state index contributed by atoms with van der Waals surface area (Å²) in [5.41, 5.74) is 3.18. The van der Waals surface area contributed by atoms with E-state index in [0.717, 1.165) is 5.52 Å². The van der Waals surface area contributed by atoms with Crippen LogP contribution in [0.5, 0.6) is 0 Å². The third-order valence-electron chi connectivity index (χ3n) is 4.24. The molecule has 0 saturated carbocycles. The lowest BCUT2D eigenvalue weighted by Crippen LogP contribution is -2.15. The van der Waals surface area contributed by atoms with Crippen LogP contribution in [0.1, 0.15) is 26.8 Å². The van der Waals surface area contributed by atoms with Gasteiger partial charge in [0.2, 0.25) is 11.7 Å². The first-order valence-corrected chi connectivity index (χ1v) is 8.79. The number of hydrogen-bond donors (Lipinski definition) is 1. The van der Waals surface area contributed by atoms with Crippen LogP contribution in [0.2, 0.25) is 0 Å². The number of oxazole rings is 1. The van der Waals surface area contributed by atoms with E-state index in [9.17, 15) is 9.59 Å². The van der Waals surface area contributed by atoms with Crippen molar-refractivity contribution >= 4 is 22.7 Å². The van der Waals surface area contributed by atoms with Gasteiger partial charge in [0.15, 0.2) is 5.58 Å². The average Bonchev–Trinajstić information content (AvgIpc) is 3.24. The Kier molecular flexibility index (Phi) is 4.31. The molecular weight excluding hydrogens is 360 g/mol. The van der Waals surface area contributed by atoms with E-state index in [1.165, 1.54) is 6.92 Å². The van der Waals surface area contributed by atoms with Gasteiger partial charge in [-0.1, -0.05) is 11.2 Å². The van der Waals surface area contributed by atoms with Crippen molar-refractivity contribution in [3.8, 4) is 22.8 Å². The van der Waals surface area contributed by atoms with Crippen molar-refractivity contribution in [2.45, 2.75) is 26.8 Å². The van der Waals surface area contributed by atoms with Gasteiger partial charge in [0, 0.05) is 29.8 Å². The largest absolute Gasteiger partial charge is 0.420 e. The van der Waals surface area contributed by atoms with E-state index in [0.29, 0.717) is 34.1 Å². The summed E-state index contributed by atoms with van der Waals surface area (Å²) in [7, 11) is 0. The molecule has 0 radical (unpaired) electrons. The van der Waals surface area contributed by atoms with E-state index >= 15 is 0 Å². The van der Waals surface area contributed by atoms with E-state index in [4.69, 9.17) is 8.94 Å². The molecular formula is C20H18N4O4. The van der Waals surface area contributed by atoms with E-state index < -0.39 is 5.76 Å². The molecule has 28 heavy (non-hydrogen) atoms. The minimum Gasteiger partial charge on any atom is -0.408 e. The minimum atomic E-state index is -0.397. The topological polar surface area (TPSA) is 103 Å². The minimum absolute atomic E-state index is 0.00716. The highest BCUT2D eigenvalue weighted by atomic mass is 16.5. The van der Waals surface area contributed by atoms with Crippen molar-refractivity contribution in [3.63, 3.8) is 0 Å². The number of aromatic nitrogens is 3. The van der Waals surface area contributed by atoms with Crippen LogP contribution in [-0.2, 0) is 4.79 Å². The Morgan fingerprint density at radius 1 is 1.14 bits per heavy atom. The zero-order valence-corrected chi connectivity index (χ0v) is 15.6. The van der Waals surface area contributed by atoms with E-state index in [2.05, 4.69) is 15.5 Å². The molecule has 0 bridgehead atoms. The number of amides is 1. The monoisotopic (exact) mass is 378 g/mol. The first-order chi connectivity index (χ1) is 13.4. The highest BCUT2D eigenvalue weighted by Crippen LogP contribution is 2.27. The first-order valence-electron chi connectivity index (χ1n) is 8.79. The molecule has 4 rings (SSSR count). The van der Waals surface area contributed by atoms with Crippen LogP contribution < -0.4 is 11.1 Å². The molecule has 8 nitrogen and oxygen atoms in total. The number of nitrogens with zero attached hydrogens (tertiary/aromatic N) is 3. The van der Waals surface area contributed by atoms with Crippen molar-refractivity contribution in [2.24, 2.45) is 0 Å². The second kappa shape index (κ2) is 6.80. The Morgan fingerprint density at radius 3 is 2.71 bits per heavy atom. The SMILES string of the molecule is CC(=O)Nc1cccc(-c2nc(-c3ccc4c(c3)oc(=O)n4C(C)C)no2)c1. The van der Waals surface area contributed by atoms with Crippen LogP contribution in [0.25, 0.3) is 33.9 Å². The van der Waals surface area contributed by atoms with Gasteiger partial charge in [0.05, 0.1) is 5.52 Å². The van der Waals surface area contributed by atoms with E-state index in [1.54, 1.807) is 28.8 Å². The van der Waals surface area contributed by atoms with Crippen LogP contribution in [-0.4, -0.2) is 20.6 Å². The smallest absolute Gasteiger partial charge is 0.408 e. The summed E-state index contributed by atoms with van der Waals surface area (Å²) in [5.74, 6) is 0.141. The Morgan fingerprint density at radius 2 is 1.96 bits per heavy atom. The molecule has 8 heteroatoms. The fourth-order valence-electron chi connectivity index (χ4n) is 3.06. The van der Waals surface area contributed by atoms with E-state index in [-0.39, 0.29) is 11.9 Å². The van der Waals surface area contributed by atoms with Gasteiger partial charge in [-0.3, -0.25) is 9.36 Å². The normalized spacial score (nSPS) is 11.3. The van der Waals surface area contributed by atoms with Gasteiger partial charge >= 0.3 is 5.76 Å². The second-order valence-electron chi connectivity index (χ2n) is 6.70. The van der Waals surface area contributed by atoms with Crippen LogP contribution in [0, 0.1) is 0 Å². The van der Waals surface area contributed by atoms with Gasteiger partial charge in [0.25, 0.3) is 5.89 Å². The molecule has 2 heterocycles. The predicted molar refractivity (Wildman–Crippen MR) is 104 cm³/mol. The Labute approximate surface area is 159 Å². The molecule has 1 amide bonds. The zero-order valence-electron chi connectivity index (χ0n) is 15.6. The second-order valence-corrected chi connectivity index (χ2v) is 6.70. The maximum Gasteiger partial charge on any atom is 0.420 e. The molecule has 0 atom stereocenters. The standard InChI is InChI=1S/C20H18N4O4/c1-11(2)24-16-8-7-13(10-17(16)27-20(24)26)18-22-19(28-23-18)14-5-4-6-15(9-14)21-12(3)25/h4-11H,1-3H3,(H,21,25). The maximum absolute atomic E-state index is 12.0. The number of carbonyl (C=O) groups is 1. The van der Waals surface area contributed by atoms with Crippen LogP contribution in [0.4, 0.5) is 5.69 Å². The van der Waals surface area contributed by atoms with Crippen molar-refractivity contribution < 1.29 is 13.7 Å². The molecule has 0 aliphatic carbocycles. The summed E-state index contributed by atoms with van der Waals surface area (Å²) < 4.78 is 12.3. The number of anilines is 1. The highest BCUT2D eigenvalue weighted by Gasteiger charge is 2.16. The Balaban J connectivity index is 1.70. The van der Waals surface area contributed by atoms with Gasteiger partial charge < -0.3 is 14.3 Å². The molecule has 0 fully saturated rings. The van der Waals surface area contributed by atoms with Crippen molar-refractivity contribution in [1.29, 1.82) is 0 Å². The van der Waals surface area contributed by atoms with Crippen LogP contribution in [0.15, 0.2) is 56.2 Å². The van der Waals surface area contributed by atoms with Crippen LogP contribution in [0.3, 0.4) is 0 Å². The lowest BCUT2D eigenvalue weighted by molar-refractivity contribution is -0.114. The summed E-state index contributed by atoms with van der Waals surface area (Å²) in [6.45, 7) is 5.29. The molecule has 0 aliphatic rings. The number of benzene rings is 2. The molecule has 0 saturated heterocycles. The van der Waals surface area contributed by atoms with Gasteiger partial charge in [-0.05, 0) is 50.2 Å². The quantitative estimate of drug-likeness (QED) is 0.578. The Bertz CT molecular complexity index is 1230. The number of fused-ring (bicyclic) bond motifs is 1. The predicted octanol–water partition coefficient (Wildman–Crippen LogP) is 3.85. The summed E-state index contributed by atoms with van der Waals surface area (Å²) in [4.78, 5) is 27.7. The fraction of sp³-hybridized carbons (Fsp3) is 0.200. The first kappa shape index (κ1) is 17.7. The zero-order chi connectivity index (χ0) is 19.8. The van der Waals surface area contributed by atoms with Gasteiger partial charge in [0.1, 0.15) is 0 Å². The Hall–Kier alpha value is -3.68. The third-order valence-corrected chi connectivity index (χ3v) is 4.24. The van der Waals surface area contributed by atoms with Gasteiger partial charge in [-0.2, -0.15) is 4.98 Å². The van der Waals surface area contributed by atoms with Gasteiger partial charge in [-0.25, -0.2) is 4.79 Å². The van der Waals surface area contributed by atoms with Crippen molar-refractivity contribution in [3.05, 3.63) is 53.0 Å². The fourth-order valence-corrected chi connectivity index (χ4v) is 3.06. The van der Waals surface area contributed by atoms with Crippen molar-refractivity contribution in [1.82, 2.24) is 14.7 Å². The summed E-state index contributed by atoms with van der Waals surface area (Å²) in [5, 5.41) is 6.74. The molecule has 0 spiro atoms. The molecule has 2 aromatic heterocycles. The molecule has 1 N–H and O–H groups in total. The third kappa shape index (κ3) is 3.20. The van der Waals surface area contributed by atoms with Gasteiger partial charge in [-0.15, -0.1) is 0 Å². The van der Waals surface area contributed by atoms with Crippen molar-refractivity contribution in [2.75, 3.05) is 5.32 Å². The number of nitrogens with one attached hydrogen (secondary N) is 1. The summed E-state index contributed by atoms with van der Waals surface area (Å²) in [6, 6.07) is 12.5. The average molecular weight is 378 g/mol. The molecule has 4 aromatic rings. The molecule has 2 aromatic carbocycles. The molecule has 142 valence electrons.